The highest BCUT2D eigenvalue weighted by molar-refractivity contribution is 6.27. The van der Waals surface area contributed by atoms with Gasteiger partial charge in [-0.15, -0.1) is 0 Å². The van der Waals surface area contributed by atoms with Crippen LogP contribution in [0.15, 0.2) is 473 Å². The van der Waals surface area contributed by atoms with Crippen molar-refractivity contribution in [2.45, 2.75) is 0 Å². The number of rotatable bonds is 12. The van der Waals surface area contributed by atoms with Gasteiger partial charge in [-0.3, -0.25) is 13.7 Å². The van der Waals surface area contributed by atoms with Crippen LogP contribution >= 0.6 is 0 Å². The van der Waals surface area contributed by atoms with Gasteiger partial charge in [0, 0.05) is 133 Å². The molecule has 132 heavy (non-hydrogen) atoms. The summed E-state index contributed by atoms with van der Waals surface area (Å²) in [7, 11) is 0. The van der Waals surface area contributed by atoms with E-state index in [0.29, 0.717) is 17.5 Å². The van der Waals surface area contributed by atoms with Crippen molar-refractivity contribution in [3.8, 4) is 102 Å². The van der Waals surface area contributed by atoms with Crippen molar-refractivity contribution >= 4 is 131 Å². The number of benzene rings is 18. The second-order valence-electron chi connectivity index (χ2n) is 33.2. The van der Waals surface area contributed by atoms with Crippen molar-refractivity contribution < 1.29 is 0 Å². The number of fused-ring (bicyclic) bond motifs is 20. The first-order valence-corrected chi connectivity index (χ1v) is 44.6. The summed E-state index contributed by atoms with van der Waals surface area (Å²) in [6, 6.07) is 166. The Bertz CT molecular complexity index is 8870. The summed E-state index contributed by atoms with van der Waals surface area (Å²) >= 11 is 0. The molecule has 0 unspecified atom stereocenters. The number of nitrogens with zero attached hydrogens (tertiary/aromatic N) is 12. The summed E-state index contributed by atoms with van der Waals surface area (Å²) in [6.07, 6.45) is 0. The fourth-order valence-corrected chi connectivity index (χ4v) is 19.8. The molecule has 27 aromatic rings. The zero-order valence-electron chi connectivity index (χ0n) is 71.4. The number of hydrogen-bond acceptors (Lipinski definition) is 6. The highest BCUT2D eigenvalue weighted by Gasteiger charge is 2.28. The zero-order chi connectivity index (χ0) is 87.1. The highest BCUT2D eigenvalue weighted by Crippen LogP contribution is 2.47. The van der Waals surface area contributed by atoms with Crippen molar-refractivity contribution in [2.75, 3.05) is 0 Å². The minimum atomic E-state index is 0.698. The molecule has 0 fully saturated rings. The SMILES string of the molecule is c1ccc(-c2cc(-n3c4ccccc4c4cc5c6ccccc6n(-c6ccccc6)c5cc43)nc(-c3ccccc3)n2)cc1.c1ccc(-c2cc(-n3c4ccccc4c4ccc5c(c6ccccc6n5-c5ccccc5)c43)nc(-c3ccccc3)n2)cc1.c1ccc(-c2cc(-n3c4ccccc4c4ccc5c6ccccc6n(-c6ccccc6)c5c43)nc(-c3ccccc3)n2)cc1. The highest BCUT2D eigenvalue weighted by atomic mass is 15.1. The Morgan fingerprint density at radius 1 is 0.136 bits per heavy atom. The smallest absolute Gasteiger partial charge is 0.162 e. The predicted octanol–water partition coefficient (Wildman–Crippen LogP) is 30.0. The maximum Gasteiger partial charge on any atom is 0.162 e. The lowest BCUT2D eigenvalue weighted by molar-refractivity contribution is 1.05. The molecular formula is C120H78N12. The monoisotopic (exact) mass is 1690 g/mol. The van der Waals surface area contributed by atoms with Gasteiger partial charge < -0.3 is 13.7 Å². The molecule has 0 radical (unpaired) electrons. The first kappa shape index (κ1) is 76.4. The van der Waals surface area contributed by atoms with Crippen molar-refractivity contribution in [2.24, 2.45) is 0 Å². The van der Waals surface area contributed by atoms with E-state index in [4.69, 9.17) is 29.9 Å². The summed E-state index contributed by atoms with van der Waals surface area (Å²) in [4.78, 5) is 31.0. The van der Waals surface area contributed by atoms with E-state index in [2.05, 4.69) is 428 Å². The van der Waals surface area contributed by atoms with E-state index in [1.54, 1.807) is 0 Å². The van der Waals surface area contributed by atoms with Crippen LogP contribution in [0.2, 0.25) is 0 Å². The molecule has 0 aliphatic carbocycles. The lowest BCUT2D eigenvalue weighted by atomic mass is 10.1. The largest absolute Gasteiger partial charge is 0.309 e. The quantitative estimate of drug-likeness (QED) is 0.121. The fourth-order valence-electron chi connectivity index (χ4n) is 19.8. The van der Waals surface area contributed by atoms with E-state index in [0.717, 1.165) is 135 Å². The number of para-hydroxylation sites is 9. The number of hydrogen-bond donors (Lipinski definition) is 0. The third-order valence-corrected chi connectivity index (χ3v) is 25.6. The Labute approximate surface area is 758 Å². The molecule has 618 valence electrons. The first-order chi connectivity index (χ1) is 65.5. The molecule has 12 heteroatoms. The van der Waals surface area contributed by atoms with E-state index in [1.165, 1.54) is 81.2 Å². The third kappa shape index (κ3) is 13.0. The molecule has 0 aliphatic rings. The van der Waals surface area contributed by atoms with Crippen LogP contribution in [0.25, 0.3) is 233 Å². The molecule has 9 heterocycles. The maximum absolute atomic E-state index is 5.28. The Morgan fingerprint density at radius 3 is 0.773 bits per heavy atom. The van der Waals surface area contributed by atoms with Gasteiger partial charge in [0.1, 0.15) is 17.5 Å². The normalized spacial score (nSPS) is 11.6. The van der Waals surface area contributed by atoms with Gasteiger partial charge in [0.05, 0.1) is 83.3 Å². The van der Waals surface area contributed by atoms with Gasteiger partial charge in [-0.2, -0.15) is 0 Å². The Balaban J connectivity index is 0.000000106. The van der Waals surface area contributed by atoms with Gasteiger partial charge in [0.25, 0.3) is 0 Å². The van der Waals surface area contributed by atoms with Crippen molar-refractivity contribution in [3.63, 3.8) is 0 Å². The van der Waals surface area contributed by atoms with Gasteiger partial charge in [-0.1, -0.05) is 364 Å². The molecule has 0 spiro atoms. The second-order valence-corrected chi connectivity index (χ2v) is 33.2. The first-order valence-electron chi connectivity index (χ1n) is 44.6. The molecule has 0 saturated carbocycles. The van der Waals surface area contributed by atoms with Crippen LogP contribution < -0.4 is 0 Å². The van der Waals surface area contributed by atoms with Crippen LogP contribution in [0.4, 0.5) is 0 Å². The van der Waals surface area contributed by atoms with Crippen LogP contribution in [0.5, 0.6) is 0 Å². The summed E-state index contributed by atoms with van der Waals surface area (Å²) < 4.78 is 14.1. The van der Waals surface area contributed by atoms with Crippen LogP contribution in [-0.4, -0.2) is 57.3 Å². The fraction of sp³-hybridized carbons (Fsp3) is 0. The molecule has 0 amide bonds. The minimum absolute atomic E-state index is 0.698. The molecule has 9 aromatic heterocycles. The molecule has 0 saturated heterocycles. The summed E-state index contributed by atoms with van der Waals surface area (Å²) in [5.74, 6) is 4.61. The van der Waals surface area contributed by atoms with Crippen molar-refractivity contribution in [3.05, 3.63) is 473 Å². The second kappa shape index (κ2) is 32.1. The average Bonchev–Trinajstić information content (AvgIpc) is 1.55. The predicted molar refractivity (Wildman–Crippen MR) is 545 cm³/mol. The minimum Gasteiger partial charge on any atom is -0.309 e. The molecule has 0 aliphatic heterocycles. The molecule has 0 atom stereocenters. The standard InChI is InChI=1S/3C40H26N4/c1-4-14-27(15-5-1)34-25-39(42-40(41-34)28-16-6-2-7-17-28)44-36-23-13-11-21-31(36)33-24-32-30-20-10-12-22-35(30)43(37(32)26-38(33)44)29-18-8-3-9-19-29;1-4-14-27(15-5-1)33-26-37(42-40(41-33)28-16-6-2-7-17-28)44-34-22-12-10-20-30(34)31-24-25-36-38(39(31)44)32-21-11-13-23-35(32)43(36)29-18-8-3-9-19-29;1-4-14-27(15-5-1)34-26-37(42-40(41-34)28-16-6-2-7-17-28)44-36-23-13-11-21-31(36)33-25-24-32-30-20-10-12-22-35(30)43(38(32)39(33)44)29-18-8-3-9-19-29/h3*1-26H. The van der Waals surface area contributed by atoms with Gasteiger partial charge in [-0.25, -0.2) is 29.9 Å². The van der Waals surface area contributed by atoms with E-state index < -0.39 is 0 Å². The Kier molecular flexibility index (Phi) is 18.6. The summed E-state index contributed by atoms with van der Waals surface area (Å²) in [6.45, 7) is 0. The third-order valence-electron chi connectivity index (χ3n) is 25.6. The zero-order valence-corrected chi connectivity index (χ0v) is 71.4. The Hall–Kier alpha value is -18.0. The van der Waals surface area contributed by atoms with Crippen LogP contribution in [-0.2, 0) is 0 Å². The summed E-state index contributed by atoms with van der Waals surface area (Å²) in [5.41, 5.74) is 25.9. The topological polar surface area (TPSA) is 107 Å². The average molecular weight is 1690 g/mol. The van der Waals surface area contributed by atoms with Crippen LogP contribution in [0, 0.1) is 0 Å². The Morgan fingerprint density at radius 2 is 0.386 bits per heavy atom. The van der Waals surface area contributed by atoms with E-state index in [9.17, 15) is 0 Å². The molecular weight excluding hydrogens is 1610 g/mol. The van der Waals surface area contributed by atoms with Gasteiger partial charge in [0.2, 0.25) is 0 Å². The van der Waals surface area contributed by atoms with Crippen molar-refractivity contribution in [1.82, 2.24) is 57.3 Å². The maximum atomic E-state index is 5.28. The molecule has 18 aromatic carbocycles. The molecule has 0 bridgehead atoms. The van der Waals surface area contributed by atoms with Crippen LogP contribution in [0.1, 0.15) is 0 Å². The van der Waals surface area contributed by atoms with Crippen molar-refractivity contribution in [1.29, 1.82) is 0 Å². The van der Waals surface area contributed by atoms with Gasteiger partial charge in [-0.05, 0) is 91.0 Å². The number of aromatic nitrogens is 12. The lowest BCUT2D eigenvalue weighted by Gasteiger charge is -2.14. The molecule has 0 N–H and O–H groups in total. The molecule has 27 rings (SSSR count). The lowest BCUT2D eigenvalue weighted by Crippen LogP contribution is -2.03. The molecule has 12 nitrogen and oxygen atoms in total. The van der Waals surface area contributed by atoms with E-state index in [-0.39, 0.29) is 0 Å². The van der Waals surface area contributed by atoms with E-state index >= 15 is 0 Å². The van der Waals surface area contributed by atoms with Gasteiger partial charge in [0.15, 0.2) is 17.5 Å². The van der Waals surface area contributed by atoms with Crippen LogP contribution in [0.3, 0.4) is 0 Å². The summed E-state index contributed by atoms with van der Waals surface area (Å²) in [5, 5.41) is 14.5. The van der Waals surface area contributed by atoms with Gasteiger partial charge >= 0.3 is 0 Å². The van der Waals surface area contributed by atoms with E-state index in [1.807, 2.05) is 72.8 Å².